The molecule has 0 radical (unpaired) electrons. The molecule has 1 atom stereocenters. The second-order valence-corrected chi connectivity index (χ2v) is 8.83. The van der Waals surface area contributed by atoms with Gasteiger partial charge in [0.15, 0.2) is 5.65 Å². The average molecular weight is 399 g/mol. The number of amides is 1. The zero-order chi connectivity index (χ0) is 19.7. The van der Waals surface area contributed by atoms with Crippen molar-refractivity contribution in [2.24, 2.45) is 0 Å². The lowest BCUT2D eigenvalue weighted by atomic mass is 9.99. The van der Waals surface area contributed by atoms with Crippen LogP contribution in [0.25, 0.3) is 5.65 Å². The molecule has 0 saturated carbocycles. The highest BCUT2D eigenvalue weighted by atomic mass is 32.2. The van der Waals surface area contributed by atoms with Gasteiger partial charge in [-0.15, -0.1) is 10.2 Å². The van der Waals surface area contributed by atoms with Crippen molar-refractivity contribution in [3.05, 3.63) is 54.5 Å². The molecule has 1 fully saturated rings. The topological polar surface area (TPSA) is 96.7 Å². The van der Waals surface area contributed by atoms with Gasteiger partial charge in [-0.25, -0.2) is 8.42 Å². The highest BCUT2D eigenvalue weighted by Gasteiger charge is 2.32. The third-order valence-electron chi connectivity index (χ3n) is 4.90. The molecule has 0 bridgehead atoms. The van der Waals surface area contributed by atoms with Crippen LogP contribution in [-0.4, -0.2) is 46.3 Å². The maximum atomic E-state index is 13.1. The van der Waals surface area contributed by atoms with Gasteiger partial charge in [-0.05, 0) is 49.2 Å². The van der Waals surface area contributed by atoms with Gasteiger partial charge in [-0.2, -0.15) is 4.31 Å². The highest BCUT2D eigenvalue weighted by Crippen LogP contribution is 2.30. The molecule has 1 amide bonds. The zero-order valence-corrected chi connectivity index (χ0v) is 16.3. The average Bonchev–Trinajstić information content (AvgIpc) is 3.12. The second kappa shape index (κ2) is 7.33. The molecule has 1 aliphatic rings. The van der Waals surface area contributed by atoms with E-state index in [2.05, 4.69) is 15.5 Å². The first-order valence-electron chi connectivity index (χ1n) is 9.12. The van der Waals surface area contributed by atoms with Crippen molar-refractivity contribution in [2.45, 2.75) is 30.6 Å². The van der Waals surface area contributed by atoms with E-state index in [9.17, 15) is 13.2 Å². The van der Waals surface area contributed by atoms with Crippen LogP contribution in [0.5, 0.6) is 0 Å². The molecule has 1 saturated heterocycles. The molecule has 146 valence electrons. The van der Waals surface area contributed by atoms with Crippen LogP contribution in [0.2, 0.25) is 0 Å². The van der Waals surface area contributed by atoms with Gasteiger partial charge in [0.05, 0.1) is 4.90 Å². The molecule has 1 aromatic carbocycles. The standard InChI is InChI=1S/C19H21N5O3S/c1-14(25)20-16-7-9-17(10-8-16)28(26,27)23-11-4-5-15(13-23)19-22-21-18-6-2-3-12-24(18)19/h2-3,6-10,12,15H,4-5,11,13H2,1H3,(H,20,25)/t15-/m0/s1. The third kappa shape index (κ3) is 3.50. The Morgan fingerprint density at radius 3 is 2.68 bits per heavy atom. The molecule has 9 heteroatoms. The number of carbonyl (C=O) groups is 1. The van der Waals surface area contributed by atoms with Gasteiger partial charge in [0, 0.05) is 37.8 Å². The van der Waals surface area contributed by atoms with E-state index in [1.807, 2.05) is 28.8 Å². The summed E-state index contributed by atoms with van der Waals surface area (Å²) in [5.74, 6) is 0.575. The monoisotopic (exact) mass is 399 g/mol. The number of carbonyl (C=O) groups excluding carboxylic acids is 1. The minimum absolute atomic E-state index is 0.0143. The Bertz CT molecular complexity index is 1110. The van der Waals surface area contributed by atoms with Gasteiger partial charge in [-0.3, -0.25) is 9.20 Å². The third-order valence-corrected chi connectivity index (χ3v) is 6.78. The number of benzene rings is 1. The molecule has 3 heterocycles. The molecule has 0 spiro atoms. The normalized spacial score (nSPS) is 18.2. The number of anilines is 1. The first kappa shape index (κ1) is 18.6. The molecular weight excluding hydrogens is 378 g/mol. The number of pyridine rings is 1. The maximum absolute atomic E-state index is 13.1. The van der Waals surface area contributed by atoms with Gasteiger partial charge in [0.25, 0.3) is 0 Å². The lowest BCUT2D eigenvalue weighted by Gasteiger charge is -2.31. The molecule has 28 heavy (non-hydrogen) atoms. The Morgan fingerprint density at radius 1 is 1.14 bits per heavy atom. The molecule has 0 aliphatic carbocycles. The first-order chi connectivity index (χ1) is 13.4. The summed E-state index contributed by atoms with van der Waals surface area (Å²) in [6.07, 6.45) is 3.53. The molecule has 1 N–H and O–H groups in total. The summed E-state index contributed by atoms with van der Waals surface area (Å²) < 4.78 is 29.6. The van der Waals surface area contributed by atoms with Gasteiger partial charge >= 0.3 is 0 Å². The Hall–Kier alpha value is -2.78. The largest absolute Gasteiger partial charge is 0.326 e. The number of rotatable bonds is 4. The predicted molar refractivity (Wildman–Crippen MR) is 104 cm³/mol. The van der Waals surface area contributed by atoms with Gasteiger partial charge in [-0.1, -0.05) is 6.07 Å². The van der Waals surface area contributed by atoms with E-state index in [0.29, 0.717) is 18.8 Å². The molecular formula is C19H21N5O3S. The lowest BCUT2D eigenvalue weighted by molar-refractivity contribution is -0.114. The highest BCUT2D eigenvalue weighted by molar-refractivity contribution is 7.89. The SMILES string of the molecule is CC(=O)Nc1ccc(S(=O)(=O)N2CCC[C@H](c3nnc4ccccn34)C2)cc1. The van der Waals surface area contributed by atoms with Gasteiger partial charge in [0.1, 0.15) is 5.82 Å². The van der Waals surface area contributed by atoms with Crippen LogP contribution >= 0.6 is 0 Å². The van der Waals surface area contributed by atoms with E-state index in [1.54, 1.807) is 12.1 Å². The molecule has 1 aliphatic heterocycles. The second-order valence-electron chi connectivity index (χ2n) is 6.89. The minimum Gasteiger partial charge on any atom is -0.326 e. The smallest absolute Gasteiger partial charge is 0.243 e. The Balaban J connectivity index is 1.57. The number of hydrogen-bond donors (Lipinski definition) is 1. The summed E-state index contributed by atoms with van der Waals surface area (Å²) in [5.41, 5.74) is 1.32. The van der Waals surface area contributed by atoms with E-state index < -0.39 is 10.0 Å². The summed E-state index contributed by atoms with van der Waals surface area (Å²) in [7, 11) is -3.62. The lowest BCUT2D eigenvalue weighted by Crippen LogP contribution is -2.39. The zero-order valence-electron chi connectivity index (χ0n) is 15.4. The van der Waals surface area contributed by atoms with Crippen molar-refractivity contribution in [2.75, 3.05) is 18.4 Å². The van der Waals surface area contributed by atoms with Crippen molar-refractivity contribution in [3.8, 4) is 0 Å². The fourth-order valence-electron chi connectivity index (χ4n) is 3.57. The summed E-state index contributed by atoms with van der Waals surface area (Å²) >= 11 is 0. The van der Waals surface area contributed by atoms with Crippen LogP contribution < -0.4 is 5.32 Å². The van der Waals surface area contributed by atoms with Crippen LogP contribution in [-0.2, 0) is 14.8 Å². The maximum Gasteiger partial charge on any atom is 0.243 e. The van der Waals surface area contributed by atoms with Crippen molar-refractivity contribution in [1.82, 2.24) is 18.9 Å². The predicted octanol–water partition coefficient (Wildman–Crippen LogP) is 2.26. The van der Waals surface area contributed by atoms with Crippen LogP contribution in [0.3, 0.4) is 0 Å². The van der Waals surface area contributed by atoms with E-state index in [4.69, 9.17) is 0 Å². The Morgan fingerprint density at radius 2 is 1.93 bits per heavy atom. The number of nitrogens with one attached hydrogen (secondary N) is 1. The molecule has 3 aromatic rings. The summed E-state index contributed by atoms with van der Waals surface area (Å²) in [4.78, 5) is 11.3. The van der Waals surface area contributed by atoms with Gasteiger partial charge in [0.2, 0.25) is 15.9 Å². The van der Waals surface area contributed by atoms with Crippen molar-refractivity contribution < 1.29 is 13.2 Å². The molecule has 2 aromatic heterocycles. The fraction of sp³-hybridized carbons (Fsp3) is 0.316. The van der Waals surface area contributed by atoms with E-state index in [0.717, 1.165) is 24.3 Å². The number of piperidine rings is 1. The van der Waals surface area contributed by atoms with Crippen molar-refractivity contribution in [3.63, 3.8) is 0 Å². The van der Waals surface area contributed by atoms with E-state index >= 15 is 0 Å². The Labute approximate surface area is 163 Å². The number of sulfonamides is 1. The van der Waals surface area contributed by atoms with Crippen LogP contribution in [0.15, 0.2) is 53.6 Å². The van der Waals surface area contributed by atoms with Crippen molar-refractivity contribution in [1.29, 1.82) is 0 Å². The van der Waals surface area contributed by atoms with Gasteiger partial charge < -0.3 is 5.32 Å². The van der Waals surface area contributed by atoms with Crippen LogP contribution in [0.4, 0.5) is 5.69 Å². The van der Waals surface area contributed by atoms with Crippen molar-refractivity contribution >= 4 is 27.3 Å². The molecule has 0 unspecified atom stereocenters. The van der Waals surface area contributed by atoms with E-state index in [1.165, 1.54) is 23.4 Å². The summed E-state index contributed by atoms with van der Waals surface area (Å²) in [6, 6.07) is 11.9. The number of fused-ring (bicyclic) bond motifs is 1. The summed E-state index contributed by atoms with van der Waals surface area (Å²) in [5, 5.41) is 11.1. The number of aromatic nitrogens is 3. The number of nitrogens with zero attached hydrogens (tertiary/aromatic N) is 4. The summed E-state index contributed by atoms with van der Waals surface area (Å²) in [6.45, 7) is 2.25. The Kier molecular flexibility index (Phi) is 4.86. The quantitative estimate of drug-likeness (QED) is 0.726. The fourth-order valence-corrected chi connectivity index (χ4v) is 5.10. The first-order valence-corrected chi connectivity index (χ1v) is 10.6. The number of hydrogen-bond acceptors (Lipinski definition) is 5. The molecule has 8 nitrogen and oxygen atoms in total. The minimum atomic E-state index is -3.62. The van der Waals surface area contributed by atoms with Crippen LogP contribution in [0, 0.1) is 0 Å². The van der Waals surface area contributed by atoms with E-state index in [-0.39, 0.29) is 16.7 Å². The molecule has 4 rings (SSSR count). The van der Waals surface area contributed by atoms with Crippen LogP contribution in [0.1, 0.15) is 31.5 Å².